The molecule has 100 valence electrons. The van der Waals surface area contributed by atoms with Gasteiger partial charge in [-0.15, -0.1) is 11.3 Å². The molecule has 0 bridgehead atoms. The second-order valence-corrected chi connectivity index (χ2v) is 6.25. The second-order valence-electron chi connectivity index (χ2n) is 4.03. The van der Waals surface area contributed by atoms with E-state index in [1.807, 2.05) is 35.7 Å². The zero-order valence-electron chi connectivity index (χ0n) is 10.2. The van der Waals surface area contributed by atoms with Crippen molar-refractivity contribution in [2.24, 2.45) is 0 Å². The maximum atomic E-state index is 5.81. The van der Waals surface area contributed by atoms with E-state index in [4.69, 9.17) is 11.6 Å². The normalized spacial score (nSPS) is 10.5. The molecule has 0 saturated heterocycles. The Bertz CT molecular complexity index is 727. The lowest BCUT2D eigenvalue weighted by atomic mass is 10.2. The first kappa shape index (κ1) is 13.5. The number of pyridine rings is 1. The van der Waals surface area contributed by atoms with Crippen molar-refractivity contribution in [3.8, 4) is 11.3 Å². The van der Waals surface area contributed by atoms with Crippen molar-refractivity contribution in [3.63, 3.8) is 0 Å². The quantitative estimate of drug-likeness (QED) is 0.677. The van der Waals surface area contributed by atoms with Gasteiger partial charge in [0.15, 0.2) is 5.13 Å². The largest absolute Gasteiger partial charge is 0.316 e. The number of benzene rings is 1. The predicted molar refractivity (Wildman–Crippen MR) is 87.8 cm³/mol. The van der Waals surface area contributed by atoms with E-state index in [0.29, 0.717) is 5.02 Å². The van der Waals surface area contributed by atoms with Crippen LogP contribution in [0.15, 0.2) is 52.4 Å². The molecule has 3 nitrogen and oxygen atoms in total. The molecule has 0 atom stereocenters. The summed E-state index contributed by atoms with van der Waals surface area (Å²) in [5, 5.41) is 6.59. The van der Waals surface area contributed by atoms with Crippen molar-refractivity contribution in [2.45, 2.75) is 0 Å². The fourth-order valence-corrected chi connectivity index (χ4v) is 2.91. The third-order valence-electron chi connectivity index (χ3n) is 2.59. The van der Waals surface area contributed by atoms with Gasteiger partial charge in [0.2, 0.25) is 0 Å². The molecule has 2 aromatic heterocycles. The van der Waals surface area contributed by atoms with E-state index in [1.165, 1.54) is 11.3 Å². The van der Waals surface area contributed by atoms with Gasteiger partial charge in [-0.2, -0.15) is 0 Å². The maximum absolute atomic E-state index is 5.81. The molecule has 20 heavy (non-hydrogen) atoms. The molecule has 3 rings (SSSR count). The van der Waals surface area contributed by atoms with Crippen LogP contribution in [0.2, 0.25) is 5.02 Å². The van der Waals surface area contributed by atoms with Crippen molar-refractivity contribution in [1.82, 2.24) is 9.97 Å². The molecule has 0 amide bonds. The van der Waals surface area contributed by atoms with Crippen LogP contribution >= 0.6 is 38.9 Å². The molecule has 0 saturated carbocycles. The third kappa shape index (κ3) is 3.17. The summed E-state index contributed by atoms with van der Waals surface area (Å²) in [7, 11) is 0. The van der Waals surface area contributed by atoms with Crippen LogP contribution in [0.1, 0.15) is 0 Å². The Morgan fingerprint density at radius 3 is 2.85 bits per heavy atom. The lowest BCUT2D eigenvalue weighted by molar-refractivity contribution is 1.29. The van der Waals surface area contributed by atoms with E-state index in [1.54, 1.807) is 12.3 Å². The summed E-state index contributed by atoms with van der Waals surface area (Å²) >= 11 is 10.8. The fourth-order valence-electron chi connectivity index (χ4n) is 1.67. The Hall–Kier alpha value is -1.43. The van der Waals surface area contributed by atoms with Crippen molar-refractivity contribution < 1.29 is 0 Å². The standard InChI is InChI=1S/C14H9BrClN3S/c15-10-3-1-2-9(6-10)12-8-20-14(18-12)19-13-5-4-11(16)7-17-13/h1-8H,(H,17,18,19). The predicted octanol–water partition coefficient (Wildman–Crippen LogP) is 5.36. The molecule has 0 aliphatic carbocycles. The van der Waals surface area contributed by atoms with Gasteiger partial charge < -0.3 is 5.32 Å². The number of anilines is 2. The summed E-state index contributed by atoms with van der Waals surface area (Å²) in [6.45, 7) is 0. The lowest BCUT2D eigenvalue weighted by Gasteiger charge is -2.01. The van der Waals surface area contributed by atoms with Gasteiger partial charge in [0.05, 0.1) is 10.7 Å². The number of aromatic nitrogens is 2. The monoisotopic (exact) mass is 365 g/mol. The van der Waals surface area contributed by atoms with Gasteiger partial charge in [-0.25, -0.2) is 9.97 Å². The SMILES string of the molecule is Clc1ccc(Nc2nc(-c3cccc(Br)c3)cs2)nc1. The minimum absolute atomic E-state index is 0.615. The van der Waals surface area contributed by atoms with Gasteiger partial charge in [-0.05, 0) is 24.3 Å². The van der Waals surface area contributed by atoms with Gasteiger partial charge in [-0.3, -0.25) is 0 Å². The van der Waals surface area contributed by atoms with E-state index < -0.39 is 0 Å². The van der Waals surface area contributed by atoms with Crippen molar-refractivity contribution in [2.75, 3.05) is 5.32 Å². The number of hydrogen-bond donors (Lipinski definition) is 1. The number of thiazole rings is 1. The first-order chi connectivity index (χ1) is 9.70. The van der Waals surface area contributed by atoms with Gasteiger partial charge in [-0.1, -0.05) is 39.7 Å². The molecular formula is C14H9BrClN3S. The number of nitrogens with zero attached hydrogens (tertiary/aromatic N) is 2. The molecule has 0 unspecified atom stereocenters. The van der Waals surface area contributed by atoms with Crippen molar-refractivity contribution in [3.05, 3.63) is 57.5 Å². The molecule has 0 aliphatic rings. The van der Waals surface area contributed by atoms with Gasteiger partial charge >= 0.3 is 0 Å². The topological polar surface area (TPSA) is 37.8 Å². The summed E-state index contributed by atoms with van der Waals surface area (Å²) in [6, 6.07) is 11.7. The summed E-state index contributed by atoms with van der Waals surface area (Å²) in [5.41, 5.74) is 2.01. The summed E-state index contributed by atoms with van der Waals surface area (Å²) < 4.78 is 1.04. The maximum Gasteiger partial charge on any atom is 0.188 e. The van der Waals surface area contributed by atoms with E-state index >= 15 is 0 Å². The minimum Gasteiger partial charge on any atom is -0.316 e. The molecule has 1 aromatic carbocycles. The van der Waals surface area contributed by atoms with Crippen molar-refractivity contribution >= 4 is 49.8 Å². The summed E-state index contributed by atoms with van der Waals surface area (Å²) in [6.07, 6.45) is 1.60. The first-order valence-electron chi connectivity index (χ1n) is 5.81. The number of hydrogen-bond acceptors (Lipinski definition) is 4. The molecule has 0 fully saturated rings. The Morgan fingerprint density at radius 2 is 2.10 bits per heavy atom. The van der Waals surface area contributed by atoms with Crippen LogP contribution < -0.4 is 5.32 Å². The zero-order chi connectivity index (χ0) is 13.9. The minimum atomic E-state index is 0.615. The highest BCUT2D eigenvalue weighted by Gasteiger charge is 2.05. The van der Waals surface area contributed by atoms with Crippen LogP contribution in [-0.4, -0.2) is 9.97 Å². The van der Waals surface area contributed by atoms with Crippen LogP contribution in [0.5, 0.6) is 0 Å². The fraction of sp³-hybridized carbons (Fsp3) is 0. The van der Waals surface area contributed by atoms with Crippen LogP contribution in [0, 0.1) is 0 Å². The molecule has 0 spiro atoms. The molecule has 6 heteroatoms. The van der Waals surface area contributed by atoms with Crippen LogP contribution in [0.25, 0.3) is 11.3 Å². The molecular weight excluding hydrogens is 358 g/mol. The second kappa shape index (κ2) is 5.91. The number of nitrogens with one attached hydrogen (secondary N) is 1. The van der Waals surface area contributed by atoms with Gasteiger partial charge in [0, 0.05) is 21.6 Å². The lowest BCUT2D eigenvalue weighted by Crippen LogP contribution is -1.92. The molecule has 0 aliphatic heterocycles. The van der Waals surface area contributed by atoms with E-state index in [9.17, 15) is 0 Å². The molecule has 3 aromatic rings. The molecule has 0 radical (unpaired) electrons. The number of rotatable bonds is 3. The third-order valence-corrected chi connectivity index (χ3v) is 4.06. The van der Waals surface area contributed by atoms with Crippen LogP contribution in [-0.2, 0) is 0 Å². The van der Waals surface area contributed by atoms with Crippen molar-refractivity contribution in [1.29, 1.82) is 0 Å². The highest BCUT2D eigenvalue weighted by atomic mass is 79.9. The molecule has 2 heterocycles. The van der Waals surface area contributed by atoms with E-state index in [0.717, 1.165) is 26.7 Å². The van der Waals surface area contributed by atoms with E-state index in [-0.39, 0.29) is 0 Å². The van der Waals surface area contributed by atoms with Gasteiger partial charge in [0.1, 0.15) is 5.82 Å². The van der Waals surface area contributed by atoms with Crippen LogP contribution in [0.3, 0.4) is 0 Å². The first-order valence-corrected chi connectivity index (χ1v) is 7.86. The van der Waals surface area contributed by atoms with Crippen LogP contribution in [0.4, 0.5) is 10.9 Å². The number of halogens is 2. The highest BCUT2D eigenvalue weighted by Crippen LogP contribution is 2.28. The Labute approximate surface area is 133 Å². The Morgan fingerprint density at radius 1 is 1.20 bits per heavy atom. The summed E-state index contributed by atoms with van der Waals surface area (Å²) in [5.74, 6) is 0.726. The van der Waals surface area contributed by atoms with Gasteiger partial charge in [0.25, 0.3) is 0 Å². The molecule has 1 N–H and O–H groups in total. The van der Waals surface area contributed by atoms with E-state index in [2.05, 4.69) is 31.2 Å². The Balaban J connectivity index is 1.82. The smallest absolute Gasteiger partial charge is 0.188 e. The highest BCUT2D eigenvalue weighted by molar-refractivity contribution is 9.10. The Kier molecular flexibility index (Phi) is 4.00. The summed E-state index contributed by atoms with van der Waals surface area (Å²) in [4.78, 5) is 8.74. The average Bonchev–Trinajstić information content (AvgIpc) is 2.90. The average molecular weight is 367 g/mol. The zero-order valence-corrected chi connectivity index (χ0v) is 13.3.